The Balaban J connectivity index is 1.88. The monoisotopic (exact) mass is 429 g/mol. The van der Waals surface area contributed by atoms with Crippen molar-refractivity contribution in [3.63, 3.8) is 0 Å². The van der Waals surface area contributed by atoms with Gasteiger partial charge in [-0.1, -0.05) is 6.07 Å². The van der Waals surface area contributed by atoms with Gasteiger partial charge in [0, 0.05) is 6.04 Å². The van der Waals surface area contributed by atoms with E-state index in [1.165, 1.54) is 30.7 Å². The number of halogens is 3. The van der Waals surface area contributed by atoms with Crippen LogP contribution in [0.2, 0.25) is 0 Å². The molecule has 2 heterocycles. The Morgan fingerprint density at radius 2 is 1.93 bits per heavy atom. The van der Waals surface area contributed by atoms with Crippen LogP contribution >= 0.6 is 0 Å². The second kappa shape index (κ2) is 7.29. The minimum absolute atomic E-state index is 0.0271. The van der Waals surface area contributed by atoms with E-state index in [0.717, 1.165) is 12.1 Å². The highest BCUT2D eigenvalue weighted by Crippen LogP contribution is 2.31. The fraction of sp³-hybridized carbons (Fsp3) is 0.389. The van der Waals surface area contributed by atoms with Crippen LogP contribution in [0.1, 0.15) is 33.7 Å². The van der Waals surface area contributed by atoms with Gasteiger partial charge in [0.25, 0.3) is 11.7 Å². The molecule has 1 atom stereocenters. The van der Waals surface area contributed by atoms with Gasteiger partial charge >= 0.3 is 6.18 Å². The van der Waals surface area contributed by atoms with Crippen LogP contribution in [-0.2, 0) is 20.8 Å². The first-order valence-corrected chi connectivity index (χ1v) is 10.5. The van der Waals surface area contributed by atoms with Crippen LogP contribution in [0.3, 0.4) is 0 Å². The topological polar surface area (TPSA) is 98.1 Å². The summed E-state index contributed by atoms with van der Waals surface area (Å²) in [4.78, 5) is 24.9. The summed E-state index contributed by atoms with van der Waals surface area (Å²) < 4.78 is 63.1. The quantitative estimate of drug-likeness (QED) is 0.592. The smallest absolute Gasteiger partial charge is 0.345 e. The number of nitrogens with one attached hydrogen (secondary N) is 1. The van der Waals surface area contributed by atoms with Gasteiger partial charge in [-0.2, -0.15) is 18.3 Å². The van der Waals surface area contributed by atoms with Crippen LogP contribution in [-0.4, -0.2) is 47.4 Å². The number of amides is 1. The summed E-state index contributed by atoms with van der Waals surface area (Å²) >= 11 is 0. The maximum atomic E-state index is 13.0. The third-order valence-corrected chi connectivity index (χ3v) is 6.48. The SMILES string of the molecule is Cc1nn(-c2cccc(C(F)(F)F)c2)c(C)c1C(=O)C(=O)N[C@H]1CCS(=O)(=O)C1. The summed E-state index contributed by atoms with van der Waals surface area (Å²) in [5, 5.41) is 6.53. The molecule has 0 bridgehead atoms. The van der Waals surface area contributed by atoms with E-state index in [2.05, 4.69) is 10.4 Å². The molecule has 1 aromatic heterocycles. The maximum absolute atomic E-state index is 13.0. The Bertz CT molecular complexity index is 1090. The molecule has 29 heavy (non-hydrogen) atoms. The lowest BCUT2D eigenvalue weighted by atomic mass is 10.1. The Kier molecular flexibility index (Phi) is 5.28. The number of alkyl halides is 3. The van der Waals surface area contributed by atoms with Crippen LogP contribution in [0.25, 0.3) is 5.69 Å². The molecule has 1 amide bonds. The first kappa shape index (κ1) is 21.0. The lowest BCUT2D eigenvalue weighted by molar-refractivity contribution is -0.137. The Morgan fingerprint density at radius 3 is 2.52 bits per heavy atom. The van der Waals surface area contributed by atoms with Gasteiger partial charge in [0.15, 0.2) is 9.84 Å². The number of hydrogen-bond donors (Lipinski definition) is 1. The number of sulfone groups is 1. The highest BCUT2D eigenvalue weighted by Gasteiger charge is 2.33. The molecule has 3 rings (SSSR count). The van der Waals surface area contributed by atoms with E-state index in [1.807, 2.05) is 0 Å². The second-order valence-corrected chi connectivity index (χ2v) is 9.14. The van der Waals surface area contributed by atoms with Crippen molar-refractivity contribution in [1.29, 1.82) is 0 Å². The Labute approximate surface area is 164 Å². The van der Waals surface area contributed by atoms with Crippen molar-refractivity contribution >= 4 is 21.5 Å². The molecule has 0 aliphatic carbocycles. The fourth-order valence-electron chi connectivity index (χ4n) is 3.31. The number of Topliss-reactive ketones (excluding diaryl/α,β-unsaturated/α-hetero) is 1. The molecule has 0 unspecified atom stereocenters. The Hall–Kier alpha value is -2.69. The highest BCUT2D eigenvalue weighted by atomic mass is 32.2. The first-order chi connectivity index (χ1) is 13.4. The van der Waals surface area contributed by atoms with Crippen LogP contribution in [0, 0.1) is 13.8 Å². The Morgan fingerprint density at radius 1 is 1.24 bits per heavy atom. The van der Waals surface area contributed by atoms with Crippen LogP contribution in [0.5, 0.6) is 0 Å². The molecular weight excluding hydrogens is 411 g/mol. The van der Waals surface area contributed by atoms with Crippen molar-refractivity contribution in [2.75, 3.05) is 11.5 Å². The summed E-state index contributed by atoms with van der Waals surface area (Å²) in [6.07, 6.45) is -4.31. The highest BCUT2D eigenvalue weighted by molar-refractivity contribution is 7.91. The molecule has 156 valence electrons. The number of benzene rings is 1. The van der Waals surface area contributed by atoms with E-state index in [9.17, 15) is 31.2 Å². The van der Waals surface area contributed by atoms with Crippen molar-refractivity contribution < 1.29 is 31.2 Å². The van der Waals surface area contributed by atoms with Crippen molar-refractivity contribution in [3.8, 4) is 5.69 Å². The molecule has 1 aliphatic heterocycles. The first-order valence-electron chi connectivity index (χ1n) is 8.68. The molecule has 1 aliphatic rings. The van der Waals surface area contributed by atoms with E-state index in [-0.39, 0.29) is 40.6 Å². The zero-order chi connectivity index (χ0) is 21.6. The third-order valence-electron chi connectivity index (χ3n) is 4.71. The predicted octanol–water partition coefficient (Wildman–Crippen LogP) is 1.99. The molecule has 1 fully saturated rings. The number of carbonyl (C=O) groups excluding carboxylic acids is 2. The molecule has 2 aromatic rings. The van der Waals surface area contributed by atoms with Gasteiger partial charge in [-0.3, -0.25) is 9.59 Å². The van der Waals surface area contributed by atoms with E-state index in [1.54, 1.807) is 0 Å². The summed E-state index contributed by atoms with van der Waals surface area (Å²) in [6, 6.07) is 3.81. The molecule has 1 N–H and O–H groups in total. The van der Waals surface area contributed by atoms with Gasteiger partial charge in [-0.15, -0.1) is 0 Å². The number of aromatic nitrogens is 2. The van der Waals surface area contributed by atoms with E-state index < -0.39 is 39.3 Å². The minimum Gasteiger partial charge on any atom is -0.345 e. The zero-order valence-electron chi connectivity index (χ0n) is 15.6. The van der Waals surface area contributed by atoms with Crippen molar-refractivity contribution in [2.24, 2.45) is 0 Å². The van der Waals surface area contributed by atoms with Crippen molar-refractivity contribution in [1.82, 2.24) is 15.1 Å². The lowest BCUT2D eigenvalue weighted by Crippen LogP contribution is -2.40. The molecule has 1 aromatic carbocycles. The van der Waals surface area contributed by atoms with E-state index in [0.29, 0.717) is 0 Å². The van der Waals surface area contributed by atoms with Gasteiger partial charge in [-0.05, 0) is 38.5 Å². The van der Waals surface area contributed by atoms with Gasteiger partial charge < -0.3 is 5.32 Å². The summed E-state index contributed by atoms with van der Waals surface area (Å²) in [6.45, 7) is 2.94. The molecule has 1 saturated heterocycles. The largest absolute Gasteiger partial charge is 0.416 e. The zero-order valence-corrected chi connectivity index (χ0v) is 16.4. The summed E-state index contributed by atoms with van der Waals surface area (Å²) in [5.41, 5.74) is -0.404. The van der Waals surface area contributed by atoms with E-state index >= 15 is 0 Å². The average Bonchev–Trinajstić information content (AvgIpc) is 3.11. The number of carbonyl (C=O) groups is 2. The lowest BCUT2D eigenvalue weighted by Gasteiger charge is -2.11. The van der Waals surface area contributed by atoms with Gasteiger partial charge in [0.2, 0.25) is 0 Å². The number of aryl methyl sites for hydroxylation is 1. The number of nitrogens with zero attached hydrogens (tertiary/aromatic N) is 2. The molecule has 7 nitrogen and oxygen atoms in total. The molecule has 0 spiro atoms. The van der Waals surface area contributed by atoms with Crippen LogP contribution in [0.15, 0.2) is 24.3 Å². The van der Waals surface area contributed by atoms with Crippen molar-refractivity contribution in [2.45, 2.75) is 32.5 Å². The maximum Gasteiger partial charge on any atom is 0.416 e. The third kappa shape index (κ3) is 4.34. The average molecular weight is 429 g/mol. The normalized spacial score (nSPS) is 18.6. The molecule has 0 saturated carbocycles. The fourth-order valence-corrected chi connectivity index (χ4v) is 4.98. The second-order valence-electron chi connectivity index (χ2n) is 6.91. The molecular formula is C18H18F3N3O4S. The number of ketones is 1. The van der Waals surface area contributed by atoms with Gasteiger partial charge in [-0.25, -0.2) is 13.1 Å². The molecule has 11 heteroatoms. The van der Waals surface area contributed by atoms with E-state index in [4.69, 9.17) is 0 Å². The summed E-state index contributed by atoms with van der Waals surface area (Å²) in [5.74, 6) is -2.17. The van der Waals surface area contributed by atoms with Crippen molar-refractivity contribution in [3.05, 3.63) is 46.8 Å². The standard InChI is InChI=1S/C18H18F3N3O4S/c1-10-15(16(25)17(26)22-13-6-7-29(27,28)9-13)11(2)24(23-10)14-5-3-4-12(8-14)18(19,20)21/h3-5,8,13H,6-7,9H2,1-2H3,(H,22,26)/t13-/m0/s1. The van der Waals surface area contributed by atoms with Crippen LogP contribution < -0.4 is 5.32 Å². The summed E-state index contributed by atoms with van der Waals surface area (Å²) in [7, 11) is -3.23. The number of hydrogen-bond acceptors (Lipinski definition) is 5. The number of rotatable bonds is 4. The molecule has 0 radical (unpaired) electrons. The van der Waals surface area contributed by atoms with Crippen LogP contribution in [0.4, 0.5) is 13.2 Å². The van der Waals surface area contributed by atoms with Gasteiger partial charge in [0.05, 0.1) is 39.7 Å². The minimum atomic E-state index is -4.54. The van der Waals surface area contributed by atoms with Gasteiger partial charge in [0.1, 0.15) is 0 Å². The predicted molar refractivity (Wildman–Crippen MR) is 97.6 cm³/mol.